The third-order valence-corrected chi connectivity index (χ3v) is 5.89. The molecule has 4 nitrogen and oxygen atoms in total. The van der Waals surface area contributed by atoms with E-state index in [0.717, 1.165) is 15.3 Å². The van der Waals surface area contributed by atoms with E-state index in [9.17, 15) is 9.59 Å². The van der Waals surface area contributed by atoms with Crippen molar-refractivity contribution in [3.8, 4) is 0 Å². The minimum absolute atomic E-state index is 0.0946. The number of hydrogen-bond acceptors (Lipinski definition) is 4. The van der Waals surface area contributed by atoms with Crippen molar-refractivity contribution in [2.45, 2.75) is 25.2 Å². The van der Waals surface area contributed by atoms with Gasteiger partial charge in [0.25, 0.3) is 5.91 Å². The molecule has 0 fully saturated rings. The molecule has 2 rings (SSSR count). The van der Waals surface area contributed by atoms with Crippen LogP contribution < -0.4 is 10.6 Å². The van der Waals surface area contributed by atoms with E-state index in [1.165, 1.54) is 11.3 Å². The number of carbonyl (C=O) groups is 2. The van der Waals surface area contributed by atoms with Gasteiger partial charge in [0, 0.05) is 34.0 Å². The molecular formula is C17H19ClN2O2S2. The molecule has 0 aliphatic rings. The third kappa shape index (κ3) is 4.75. The van der Waals surface area contributed by atoms with Crippen molar-refractivity contribution in [1.29, 1.82) is 0 Å². The van der Waals surface area contributed by atoms with Gasteiger partial charge < -0.3 is 10.6 Å². The molecule has 0 aliphatic heterocycles. The van der Waals surface area contributed by atoms with Crippen LogP contribution in [0.15, 0.2) is 29.2 Å². The van der Waals surface area contributed by atoms with E-state index in [1.807, 2.05) is 38.1 Å². The Labute approximate surface area is 155 Å². The Morgan fingerprint density at radius 2 is 1.88 bits per heavy atom. The number of anilines is 1. The molecule has 0 spiro atoms. The van der Waals surface area contributed by atoms with Gasteiger partial charge in [0.15, 0.2) is 0 Å². The zero-order valence-corrected chi connectivity index (χ0v) is 16.1. The van der Waals surface area contributed by atoms with Crippen molar-refractivity contribution < 1.29 is 9.59 Å². The lowest BCUT2D eigenvalue weighted by Gasteiger charge is -2.07. The number of benzene rings is 1. The van der Waals surface area contributed by atoms with Crippen LogP contribution in [-0.4, -0.2) is 24.6 Å². The van der Waals surface area contributed by atoms with Crippen LogP contribution in [0.4, 0.5) is 5.00 Å². The fraction of sp³-hybridized carbons (Fsp3) is 0.294. The summed E-state index contributed by atoms with van der Waals surface area (Å²) in [6, 6.07) is 7.52. The van der Waals surface area contributed by atoms with Crippen LogP contribution in [0.1, 0.15) is 27.2 Å². The van der Waals surface area contributed by atoms with Crippen LogP contribution in [0.2, 0.25) is 5.02 Å². The minimum Gasteiger partial charge on any atom is -0.355 e. The summed E-state index contributed by atoms with van der Waals surface area (Å²) in [5.41, 5.74) is 1.46. The molecule has 0 radical (unpaired) electrons. The second kappa shape index (κ2) is 8.55. The smallest absolute Gasteiger partial charge is 0.254 e. The Kier molecular flexibility index (Phi) is 6.71. The molecule has 1 aromatic heterocycles. The second-order valence-corrected chi connectivity index (χ2v) is 8.00. The monoisotopic (exact) mass is 382 g/mol. The van der Waals surface area contributed by atoms with Gasteiger partial charge in [-0.2, -0.15) is 0 Å². The molecule has 24 heavy (non-hydrogen) atoms. The molecular weight excluding hydrogens is 364 g/mol. The summed E-state index contributed by atoms with van der Waals surface area (Å²) in [7, 11) is 1.59. The average molecular weight is 383 g/mol. The molecule has 0 bridgehead atoms. The summed E-state index contributed by atoms with van der Waals surface area (Å²) in [6.07, 6.45) is 0.372. The Morgan fingerprint density at radius 1 is 1.21 bits per heavy atom. The maximum atomic E-state index is 12.2. The van der Waals surface area contributed by atoms with Crippen molar-refractivity contribution in [2.75, 3.05) is 18.1 Å². The number of aryl methyl sites for hydroxylation is 1. The van der Waals surface area contributed by atoms with E-state index >= 15 is 0 Å². The fourth-order valence-electron chi connectivity index (χ4n) is 2.09. The van der Waals surface area contributed by atoms with Gasteiger partial charge in [-0.25, -0.2) is 0 Å². The SMILES string of the molecule is CNC(=O)c1c(NC(=O)CCSc2ccc(Cl)cc2)sc(C)c1C. The predicted octanol–water partition coefficient (Wildman–Crippen LogP) is 4.50. The van der Waals surface area contributed by atoms with Crippen LogP contribution in [0.3, 0.4) is 0 Å². The second-order valence-electron chi connectivity index (χ2n) is 5.17. The molecule has 0 atom stereocenters. The standard InChI is InChI=1S/C17H19ClN2O2S2/c1-10-11(2)24-17(15(10)16(22)19-3)20-14(21)8-9-23-13-6-4-12(18)5-7-13/h4-7H,8-9H2,1-3H3,(H,19,22)(H,20,21). The molecule has 1 heterocycles. The third-order valence-electron chi connectivity index (χ3n) is 3.50. The lowest BCUT2D eigenvalue weighted by Crippen LogP contribution is -2.21. The summed E-state index contributed by atoms with van der Waals surface area (Å²) in [6.45, 7) is 3.83. The van der Waals surface area contributed by atoms with Gasteiger partial charge >= 0.3 is 0 Å². The Morgan fingerprint density at radius 3 is 2.50 bits per heavy atom. The first-order valence-electron chi connectivity index (χ1n) is 7.42. The maximum absolute atomic E-state index is 12.2. The highest BCUT2D eigenvalue weighted by atomic mass is 35.5. The maximum Gasteiger partial charge on any atom is 0.254 e. The minimum atomic E-state index is -0.178. The average Bonchev–Trinajstić information content (AvgIpc) is 2.83. The molecule has 0 unspecified atom stereocenters. The zero-order chi connectivity index (χ0) is 17.7. The number of halogens is 1. The molecule has 2 N–H and O–H groups in total. The van der Waals surface area contributed by atoms with E-state index < -0.39 is 0 Å². The molecule has 2 amide bonds. The van der Waals surface area contributed by atoms with Crippen molar-refractivity contribution in [3.05, 3.63) is 45.3 Å². The lowest BCUT2D eigenvalue weighted by molar-refractivity contribution is -0.115. The van der Waals surface area contributed by atoms with E-state index in [1.54, 1.807) is 18.8 Å². The zero-order valence-electron chi connectivity index (χ0n) is 13.7. The molecule has 0 aliphatic carbocycles. The molecule has 0 saturated heterocycles. The predicted molar refractivity (Wildman–Crippen MR) is 103 cm³/mol. The van der Waals surface area contributed by atoms with Crippen molar-refractivity contribution in [1.82, 2.24) is 5.32 Å². The highest BCUT2D eigenvalue weighted by Crippen LogP contribution is 2.32. The van der Waals surface area contributed by atoms with Gasteiger partial charge in [-0.3, -0.25) is 9.59 Å². The first-order valence-corrected chi connectivity index (χ1v) is 9.60. The molecule has 1 aromatic carbocycles. The van der Waals surface area contributed by atoms with Gasteiger partial charge in [0.1, 0.15) is 5.00 Å². The van der Waals surface area contributed by atoms with Crippen LogP contribution in [-0.2, 0) is 4.79 Å². The summed E-state index contributed by atoms with van der Waals surface area (Å²) in [5, 5.41) is 6.80. The summed E-state index contributed by atoms with van der Waals surface area (Å²) >= 11 is 8.87. The van der Waals surface area contributed by atoms with Gasteiger partial charge in [-0.15, -0.1) is 23.1 Å². The summed E-state index contributed by atoms with van der Waals surface area (Å²) in [5.74, 6) is 0.386. The van der Waals surface area contributed by atoms with Gasteiger partial charge in [0.05, 0.1) is 5.56 Å². The lowest BCUT2D eigenvalue weighted by atomic mass is 10.1. The highest BCUT2D eigenvalue weighted by molar-refractivity contribution is 7.99. The van der Waals surface area contributed by atoms with Crippen molar-refractivity contribution in [2.24, 2.45) is 0 Å². The topological polar surface area (TPSA) is 58.2 Å². The molecule has 2 aromatic rings. The van der Waals surface area contributed by atoms with Crippen LogP contribution in [0.5, 0.6) is 0 Å². The number of thioether (sulfide) groups is 1. The van der Waals surface area contributed by atoms with E-state index in [2.05, 4.69) is 10.6 Å². The van der Waals surface area contributed by atoms with E-state index in [0.29, 0.717) is 27.8 Å². The molecule has 7 heteroatoms. The van der Waals surface area contributed by atoms with Crippen molar-refractivity contribution in [3.63, 3.8) is 0 Å². The number of thiophene rings is 1. The number of nitrogens with one attached hydrogen (secondary N) is 2. The summed E-state index contributed by atoms with van der Waals surface area (Å²) < 4.78 is 0. The van der Waals surface area contributed by atoms with Crippen molar-refractivity contribution >= 4 is 51.5 Å². The molecule has 128 valence electrons. The van der Waals surface area contributed by atoms with E-state index in [4.69, 9.17) is 11.6 Å². The molecule has 0 saturated carbocycles. The van der Waals surface area contributed by atoms with Crippen LogP contribution in [0, 0.1) is 13.8 Å². The number of carbonyl (C=O) groups excluding carboxylic acids is 2. The quantitative estimate of drug-likeness (QED) is 0.723. The number of amides is 2. The van der Waals surface area contributed by atoms with Crippen LogP contribution in [0.25, 0.3) is 0 Å². The van der Waals surface area contributed by atoms with Gasteiger partial charge in [-0.05, 0) is 43.7 Å². The summed E-state index contributed by atoms with van der Waals surface area (Å²) in [4.78, 5) is 26.3. The first kappa shape index (κ1) is 18.8. The van der Waals surface area contributed by atoms with Gasteiger partial charge in [0.2, 0.25) is 5.91 Å². The van der Waals surface area contributed by atoms with E-state index in [-0.39, 0.29) is 11.8 Å². The normalized spacial score (nSPS) is 10.5. The van der Waals surface area contributed by atoms with Crippen LogP contribution >= 0.6 is 34.7 Å². The fourth-order valence-corrected chi connectivity index (χ4v) is 4.15. The largest absolute Gasteiger partial charge is 0.355 e. The Hall–Kier alpha value is -1.50. The Bertz CT molecular complexity index is 742. The number of rotatable bonds is 6. The first-order chi connectivity index (χ1) is 11.4. The van der Waals surface area contributed by atoms with Gasteiger partial charge in [-0.1, -0.05) is 11.6 Å². The number of hydrogen-bond donors (Lipinski definition) is 2. The highest BCUT2D eigenvalue weighted by Gasteiger charge is 2.19. The Balaban J connectivity index is 1.94.